The first-order valence-corrected chi connectivity index (χ1v) is 12.1. The van der Waals surface area contributed by atoms with Gasteiger partial charge >= 0.3 is 0 Å². The maximum absolute atomic E-state index is 12.8. The number of hydrogen-bond acceptors (Lipinski definition) is 5. The number of benzene rings is 1. The third-order valence-electron chi connectivity index (χ3n) is 4.70. The highest BCUT2D eigenvalue weighted by Gasteiger charge is 2.23. The molecule has 0 bridgehead atoms. The molecule has 0 aliphatic heterocycles. The quantitative estimate of drug-likeness (QED) is 0.590. The Balaban J connectivity index is 2.31. The fourth-order valence-corrected chi connectivity index (χ4v) is 5.29. The van der Waals surface area contributed by atoms with Crippen molar-refractivity contribution >= 4 is 38.7 Å². The minimum Gasteiger partial charge on any atom is -0.353 e. The van der Waals surface area contributed by atoms with Crippen LogP contribution in [0.3, 0.4) is 0 Å². The van der Waals surface area contributed by atoms with E-state index in [0.717, 1.165) is 11.9 Å². The van der Waals surface area contributed by atoms with E-state index in [9.17, 15) is 13.2 Å². The van der Waals surface area contributed by atoms with Crippen LogP contribution in [0.25, 0.3) is 11.0 Å². The van der Waals surface area contributed by atoms with Gasteiger partial charge in [0, 0.05) is 25.7 Å². The van der Waals surface area contributed by atoms with E-state index in [-0.39, 0.29) is 22.6 Å². The minimum atomic E-state index is -3.53. The first kappa shape index (κ1) is 22.7. The zero-order valence-corrected chi connectivity index (χ0v) is 18.9. The summed E-state index contributed by atoms with van der Waals surface area (Å²) in [5.74, 6) is 0.247. The molecule has 9 heteroatoms. The number of nitrogens with one attached hydrogen (secondary N) is 1. The van der Waals surface area contributed by atoms with Crippen LogP contribution in [0.2, 0.25) is 0 Å². The molecule has 2 aromatic rings. The van der Waals surface area contributed by atoms with Crippen LogP contribution >= 0.6 is 11.8 Å². The average molecular weight is 427 g/mol. The molecular weight excluding hydrogens is 396 g/mol. The lowest BCUT2D eigenvalue weighted by atomic mass is 10.3. The number of carbonyl (C=O) groups excluding carboxylic acids is 1. The Bertz CT molecular complexity index is 921. The van der Waals surface area contributed by atoms with Gasteiger partial charge in [0.1, 0.15) is 0 Å². The number of fused-ring (bicyclic) bond motifs is 1. The maximum atomic E-state index is 12.8. The molecule has 1 aromatic carbocycles. The second-order valence-corrected chi connectivity index (χ2v) is 9.42. The number of hydrogen-bond donors (Lipinski definition) is 1. The monoisotopic (exact) mass is 426 g/mol. The molecule has 0 aliphatic carbocycles. The lowest BCUT2D eigenvalue weighted by molar-refractivity contribution is -0.119. The van der Waals surface area contributed by atoms with E-state index in [1.165, 1.54) is 16.1 Å². The van der Waals surface area contributed by atoms with Gasteiger partial charge in [-0.3, -0.25) is 4.79 Å². The van der Waals surface area contributed by atoms with Gasteiger partial charge < -0.3 is 9.88 Å². The number of imidazole rings is 1. The molecule has 1 N–H and O–H groups in total. The molecular formula is C19H30N4O3S2. The normalized spacial score (nSPS) is 13.2. The van der Waals surface area contributed by atoms with Gasteiger partial charge in [0.25, 0.3) is 0 Å². The fraction of sp³-hybridized carbons (Fsp3) is 0.579. The van der Waals surface area contributed by atoms with Crippen LogP contribution in [0.5, 0.6) is 0 Å². The first-order chi connectivity index (χ1) is 13.3. The average Bonchev–Trinajstić information content (AvgIpc) is 3.03. The largest absolute Gasteiger partial charge is 0.353 e. The molecule has 0 saturated carbocycles. The van der Waals surface area contributed by atoms with Crippen LogP contribution in [0.4, 0.5) is 0 Å². The summed E-state index contributed by atoms with van der Waals surface area (Å²) in [7, 11) is -3.53. The summed E-state index contributed by atoms with van der Waals surface area (Å²) in [6.45, 7) is 11.2. The Morgan fingerprint density at radius 1 is 1.25 bits per heavy atom. The molecule has 0 saturated heterocycles. The SMILES string of the molecule is CC[C@H](C)NC(=O)CSc1nc2cc(S(=O)(=O)N(CC)CC)ccc2n1CC. The summed E-state index contributed by atoms with van der Waals surface area (Å²) < 4.78 is 29.0. The van der Waals surface area contributed by atoms with Crippen molar-refractivity contribution in [1.82, 2.24) is 19.2 Å². The van der Waals surface area contributed by atoms with Gasteiger partial charge in [0.2, 0.25) is 15.9 Å². The van der Waals surface area contributed by atoms with E-state index in [1.807, 2.05) is 39.2 Å². The predicted molar refractivity (Wildman–Crippen MR) is 114 cm³/mol. The van der Waals surface area contributed by atoms with Gasteiger partial charge in [0.05, 0.1) is 21.7 Å². The van der Waals surface area contributed by atoms with Gasteiger partial charge in [-0.1, -0.05) is 32.5 Å². The van der Waals surface area contributed by atoms with Crippen molar-refractivity contribution in [3.63, 3.8) is 0 Å². The van der Waals surface area contributed by atoms with E-state index < -0.39 is 10.0 Å². The molecule has 1 aromatic heterocycles. The van der Waals surface area contributed by atoms with Crippen LogP contribution in [0.1, 0.15) is 41.0 Å². The summed E-state index contributed by atoms with van der Waals surface area (Å²) in [5.41, 5.74) is 1.49. The fourth-order valence-electron chi connectivity index (χ4n) is 2.92. The molecule has 7 nitrogen and oxygen atoms in total. The zero-order chi connectivity index (χ0) is 20.9. The van der Waals surface area contributed by atoms with Gasteiger partial charge in [0.15, 0.2) is 5.16 Å². The number of carbonyl (C=O) groups is 1. The summed E-state index contributed by atoms with van der Waals surface area (Å²) in [6, 6.07) is 5.20. The van der Waals surface area contributed by atoms with Crippen LogP contribution < -0.4 is 5.32 Å². The minimum absolute atomic E-state index is 0.0288. The zero-order valence-electron chi connectivity index (χ0n) is 17.2. The molecule has 0 unspecified atom stereocenters. The Kier molecular flexibility index (Phi) is 7.91. The van der Waals surface area contributed by atoms with Crippen molar-refractivity contribution in [2.75, 3.05) is 18.8 Å². The van der Waals surface area contributed by atoms with E-state index in [0.29, 0.717) is 30.3 Å². The van der Waals surface area contributed by atoms with Crippen LogP contribution in [-0.2, 0) is 21.4 Å². The topological polar surface area (TPSA) is 84.3 Å². The van der Waals surface area contributed by atoms with Crippen molar-refractivity contribution in [2.45, 2.75) is 63.7 Å². The highest BCUT2D eigenvalue weighted by molar-refractivity contribution is 7.99. The number of nitrogens with zero attached hydrogens (tertiary/aromatic N) is 3. The molecule has 0 radical (unpaired) electrons. The van der Waals surface area contributed by atoms with Crippen molar-refractivity contribution in [2.24, 2.45) is 0 Å². The molecule has 0 spiro atoms. The van der Waals surface area contributed by atoms with E-state index in [1.54, 1.807) is 18.2 Å². The summed E-state index contributed by atoms with van der Waals surface area (Å²) in [5, 5.41) is 3.66. The lowest BCUT2D eigenvalue weighted by Gasteiger charge is -2.18. The molecule has 0 fully saturated rings. The number of aromatic nitrogens is 2. The third kappa shape index (κ3) is 4.87. The highest BCUT2D eigenvalue weighted by Crippen LogP contribution is 2.27. The van der Waals surface area contributed by atoms with Crippen LogP contribution in [0.15, 0.2) is 28.3 Å². The number of rotatable bonds is 10. The smallest absolute Gasteiger partial charge is 0.243 e. The Morgan fingerprint density at radius 3 is 2.50 bits per heavy atom. The Morgan fingerprint density at radius 2 is 1.93 bits per heavy atom. The third-order valence-corrected chi connectivity index (χ3v) is 7.72. The number of thioether (sulfide) groups is 1. The Hall–Kier alpha value is -1.58. The number of sulfonamides is 1. The standard InChI is InChI=1S/C19H30N4O3S2/c1-6-14(5)20-18(24)13-27-19-21-16-12-15(10-11-17(16)23(19)9-4)28(25,26)22(7-2)8-3/h10-12,14H,6-9,13H2,1-5H3,(H,20,24)/t14-/m0/s1. The molecule has 1 heterocycles. The lowest BCUT2D eigenvalue weighted by Crippen LogP contribution is -2.33. The number of aryl methyl sites for hydroxylation is 1. The molecule has 1 amide bonds. The van der Waals surface area contributed by atoms with Gasteiger partial charge in [-0.25, -0.2) is 13.4 Å². The van der Waals surface area contributed by atoms with Crippen LogP contribution in [-0.4, -0.2) is 53.1 Å². The van der Waals surface area contributed by atoms with Crippen molar-refractivity contribution in [1.29, 1.82) is 0 Å². The Labute approximate surface area is 171 Å². The van der Waals surface area contributed by atoms with Crippen molar-refractivity contribution < 1.29 is 13.2 Å². The number of amides is 1. The highest BCUT2D eigenvalue weighted by atomic mass is 32.2. The van der Waals surface area contributed by atoms with Gasteiger partial charge in [-0.2, -0.15) is 4.31 Å². The second-order valence-electron chi connectivity index (χ2n) is 6.54. The summed E-state index contributed by atoms with van der Waals surface area (Å²) in [4.78, 5) is 16.9. The van der Waals surface area contributed by atoms with E-state index in [2.05, 4.69) is 10.3 Å². The summed E-state index contributed by atoms with van der Waals surface area (Å²) >= 11 is 1.37. The van der Waals surface area contributed by atoms with Gasteiger partial charge in [-0.05, 0) is 38.5 Å². The first-order valence-electron chi connectivity index (χ1n) is 9.70. The predicted octanol–water partition coefficient (Wildman–Crippen LogP) is 3.09. The maximum Gasteiger partial charge on any atom is 0.243 e. The van der Waals surface area contributed by atoms with Crippen molar-refractivity contribution in [3.8, 4) is 0 Å². The molecule has 1 atom stereocenters. The van der Waals surface area contributed by atoms with Crippen LogP contribution in [0, 0.1) is 0 Å². The van der Waals surface area contributed by atoms with Gasteiger partial charge in [-0.15, -0.1) is 0 Å². The second kappa shape index (κ2) is 9.76. The molecule has 28 heavy (non-hydrogen) atoms. The van der Waals surface area contributed by atoms with Crippen molar-refractivity contribution in [3.05, 3.63) is 18.2 Å². The molecule has 0 aliphatic rings. The van der Waals surface area contributed by atoms with E-state index in [4.69, 9.17) is 0 Å². The molecule has 156 valence electrons. The molecule has 2 rings (SSSR count). The summed E-state index contributed by atoms with van der Waals surface area (Å²) in [6.07, 6.45) is 0.883. The van der Waals surface area contributed by atoms with E-state index >= 15 is 0 Å².